The van der Waals surface area contributed by atoms with Gasteiger partial charge in [0.1, 0.15) is 0 Å². The van der Waals surface area contributed by atoms with Crippen LogP contribution in [0.25, 0.3) is 0 Å². The first-order valence-corrected chi connectivity index (χ1v) is 4.13. The Balaban J connectivity index is 3.51. The van der Waals surface area contributed by atoms with Gasteiger partial charge in [0.25, 0.3) is 0 Å². The first-order chi connectivity index (χ1) is 4.74. The summed E-state index contributed by atoms with van der Waals surface area (Å²) in [5.74, 6) is 0. The fraction of sp³-hybridized carbons (Fsp3) is 0.778. The van der Waals surface area contributed by atoms with Crippen LogP contribution >= 0.6 is 0 Å². The average molecular weight is 141 g/mol. The highest BCUT2D eigenvalue weighted by Crippen LogP contribution is 1.96. The SMILES string of the molecule is C=CC(CC)NC(C)CC. The van der Waals surface area contributed by atoms with E-state index in [4.69, 9.17) is 0 Å². The van der Waals surface area contributed by atoms with Crippen LogP contribution in [0.5, 0.6) is 0 Å². The lowest BCUT2D eigenvalue weighted by Gasteiger charge is -2.17. The molecule has 0 aromatic rings. The first-order valence-electron chi connectivity index (χ1n) is 4.13. The molecule has 60 valence electrons. The summed E-state index contributed by atoms with van der Waals surface area (Å²) in [4.78, 5) is 0. The third kappa shape index (κ3) is 3.67. The molecule has 1 N–H and O–H groups in total. The average Bonchev–Trinajstić information content (AvgIpc) is 1.99. The van der Waals surface area contributed by atoms with E-state index in [1.165, 1.54) is 6.42 Å². The van der Waals surface area contributed by atoms with Crippen LogP contribution in [0, 0.1) is 0 Å². The fourth-order valence-electron chi connectivity index (χ4n) is 0.836. The molecule has 0 aromatic carbocycles. The summed E-state index contributed by atoms with van der Waals surface area (Å²) in [5.41, 5.74) is 0. The predicted molar refractivity (Wildman–Crippen MR) is 47.2 cm³/mol. The second-order valence-electron chi connectivity index (χ2n) is 2.73. The van der Waals surface area contributed by atoms with E-state index in [2.05, 4.69) is 32.7 Å². The molecule has 0 aliphatic heterocycles. The quantitative estimate of drug-likeness (QED) is 0.579. The Kier molecular flexibility index (Phi) is 5.32. The summed E-state index contributed by atoms with van der Waals surface area (Å²) in [7, 11) is 0. The lowest BCUT2D eigenvalue weighted by Crippen LogP contribution is -2.34. The van der Waals surface area contributed by atoms with Crippen molar-refractivity contribution in [3.8, 4) is 0 Å². The minimum Gasteiger partial charge on any atom is -0.308 e. The molecule has 0 fully saturated rings. The van der Waals surface area contributed by atoms with E-state index in [-0.39, 0.29) is 0 Å². The van der Waals surface area contributed by atoms with Crippen LogP contribution in [0.15, 0.2) is 12.7 Å². The zero-order valence-corrected chi connectivity index (χ0v) is 7.35. The molecule has 2 unspecified atom stereocenters. The monoisotopic (exact) mass is 141 g/mol. The maximum atomic E-state index is 3.76. The number of hydrogen-bond donors (Lipinski definition) is 1. The molecule has 0 aromatic heterocycles. The van der Waals surface area contributed by atoms with E-state index in [1.54, 1.807) is 0 Å². The molecule has 0 saturated carbocycles. The largest absolute Gasteiger partial charge is 0.308 e. The summed E-state index contributed by atoms with van der Waals surface area (Å²) in [6.45, 7) is 10.3. The molecular weight excluding hydrogens is 122 g/mol. The minimum atomic E-state index is 0.495. The summed E-state index contributed by atoms with van der Waals surface area (Å²) in [6, 6.07) is 1.11. The van der Waals surface area contributed by atoms with Crippen molar-refractivity contribution in [1.29, 1.82) is 0 Å². The Morgan fingerprint density at radius 3 is 2.30 bits per heavy atom. The molecule has 0 spiro atoms. The molecule has 0 aliphatic rings. The van der Waals surface area contributed by atoms with Gasteiger partial charge in [0.05, 0.1) is 0 Å². The molecule has 1 nitrogen and oxygen atoms in total. The van der Waals surface area contributed by atoms with Gasteiger partial charge >= 0.3 is 0 Å². The van der Waals surface area contributed by atoms with E-state index in [0.29, 0.717) is 12.1 Å². The fourth-order valence-corrected chi connectivity index (χ4v) is 0.836. The minimum absolute atomic E-state index is 0.495. The Hall–Kier alpha value is -0.300. The molecule has 0 heterocycles. The van der Waals surface area contributed by atoms with Gasteiger partial charge in [-0.25, -0.2) is 0 Å². The molecule has 0 bridgehead atoms. The van der Waals surface area contributed by atoms with Crippen molar-refractivity contribution in [3.63, 3.8) is 0 Å². The maximum Gasteiger partial charge on any atom is 0.0247 e. The normalized spacial score (nSPS) is 16.3. The Bertz CT molecular complexity index is 88.7. The molecular formula is C9H19N. The zero-order valence-electron chi connectivity index (χ0n) is 7.35. The molecule has 0 aliphatic carbocycles. The molecule has 0 rings (SSSR count). The summed E-state index contributed by atoms with van der Waals surface area (Å²) >= 11 is 0. The van der Waals surface area contributed by atoms with Crippen molar-refractivity contribution in [2.45, 2.75) is 45.7 Å². The highest BCUT2D eigenvalue weighted by Gasteiger charge is 2.02. The highest BCUT2D eigenvalue weighted by atomic mass is 14.9. The van der Waals surface area contributed by atoms with Gasteiger partial charge in [-0.15, -0.1) is 6.58 Å². The summed E-state index contributed by atoms with van der Waals surface area (Å²) < 4.78 is 0. The zero-order chi connectivity index (χ0) is 7.98. The number of hydrogen-bond acceptors (Lipinski definition) is 1. The number of nitrogens with one attached hydrogen (secondary N) is 1. The smallest absolute Gasteiger partial charge is 0.0247 e. The number of rotatable bonds is 5. The van der Waals surface area contributed by atoms with Gasteiger partial charge < -0.3 is 5.32 Å². The van der Waals surface area contributed by atoms with E-state index < -0.39 is 0 Å². The van der Waals surface area contributed by atoms with Crippen LogP contribution in [0.4, 0.5) is 0 Å². The maximum absolute atomic E-state index is 3.76. The second-order valence-corrected chi connectivity index (χ2v) is 2.73. The van der Waals surface area contributed by atoms with E-state index in [0.717, 1.165) is 6.42 Å². The summed E-state index contributed by atoms with van der Waals surface area (Å²) in [5, 5.41) is 3.45. The van der Waals surface area contributed by atoms with Crippen molar-refractivity contribution < 1.29 is 0 Å². The van der Waals surface area contributed by atoms with Gasteiger partial charge in [0.15, 0.2) is 0 Å². The van der Waals surface area contributed by atoms with Crippen molar-refractivity contribution in [2.75, 3.05) is 0 Å². The van der Waals surface area contributed by atoms with Gasteiger partial charge in [-0.3, -0.25) is 0 Å². The molecule has 10 heavy (non-hydrogen) atoms. The van der Waals surface area contributed by atoms with Crippen LogP contribution in [-0.4, -0.2) is 12.1 Å². The van der Waals surface area contributed by atoms with Gasteiger partial charge in [0, 0.05) is 12.1 Å². The third-order valence-corrected chi connectivity index (χ3v) is 1.84. The topological polar surface area (TPSA) is 12.0 Å². The van der Waals surface area contributed by atoms with Gasteiger partial charge in [-0.1, -0.05) is 19.9 Å². The Labute approximate surface area is 64.5 Å². The first kappa shape index (κ1) is 9.70. The van der Waals surface area contributed by atoms with Crippen molar-refractivity contribution in [2.24, 2.45) is 0 Å². The van der Waals surface area contributed by atoms with Gasteiger partial charge in [0.2, 0.25) is 0 Å². The predicted octanol–water partition coefficient (Wildman–Crippen LogP) is 2.34. The van der Waals surface area contributed by atoms with E-state index in [1.807, 2.05) is 6.08 Å². The molecule has 0 saturated heterocycles. The lowest BCUT2D eigenvalue weighted by atomic mass is 10.2. The van der Waals surface area contributed by atoms with E-state index in [9.17, 15) is 0 Å². The lowest BCUT2D eigenvalue weighted by molar-refractivity contribution is 0.477. The highest BCUT2D eigenvalue weighted by molar-refractivity contribution is 4.85. The second kappa shape index (κ2) is 5.48. The molecule has 2 atom stereocenters. The standard InChI is InChI=1S/C9H19N/c1-5-8(4)10-9(6-2)7-3/h6,8-10H,2,5,7H2,1,3-4H3. The van der Waals surface area contributed by atoms with Crippen molar-refractivity contribution >= 4 is 0 Å². The van der Waals surface area contributed by atoms with Gasteiger partial charge in [-0.2, -0.15) is 0 Å². The molecule has 0 amide bonds. The van der Waals surface area contributed by atoms with Crippen molar-refractivity contribution in [3.05, 3.63) is 12.7 Å². The Morgan fingerprint density at radius 1 is 1.40 bits per heavy atom. The van der Waals surface area contributed by atoms with Gasteiger partial charge in [-0.05, 0) is 19.8 Å². The van der Waals surface area contributed by atoms with Crippen LogP contribution < -0.4 is 5.32 Å². The van der Waals surface area contributed by atoms with Crippen LogP contribution in [0.3, 0.4) is 0 Å². The molecule has 1 heteroatoms. The molecule has 0 radical (unpaired) electrons. The van der Waals surface area contributed by atoms with Crippen molar-refractivity contribution in [1.82, 2.24) is 5.32 Å². The van der Waals surface area contributed by atoms with Crippen LogP contribution in [0.1, 0.15) is 33.6 Å². The third-order valence-electron chi connectivity index (χ3n) is 1.84. The Morgan fingerprint density at radius 2 is 2.00 bits per heavy atom. The van der Waals surface area contributed by atoms with Crippen LogP contribution in [0.2, 0.25) is 0 Å². The van der Waals surface area contributed by atoms with E-state index >= 15 is 0 Å². The summed E-state index contributed by atoms with van der Waals surface area (Å²) in [6.07, 6.45) is 4.30. The van der Waals surface area contributed by atoms with Crippen LogP contribution in [-0.2, 0) is 0 Å².